The number of para-hydroxylation sites is 2. The summed E-state index contributed by atoms with van der Waals surface area (Å²) in [5.41, 5.74) is 5.58. The van der Waals surface area contributed by atoms with Gasteiger partial charge in [0.25, 0.3) is 5.91 Å². The number of nitrogens with one attached hydrogen (secondary N) is 3. The lowest BCUT2D eigenvalue weighted by atomic mass is 9.95. The van der Waals surface area contributed by atoms with Crippen LogP contribution >= 0.6 is 12.2 Å². The van der Waals surface area contributed by atoms with Crippen LogP contribution < -0.4 is 20.8 Å². The first-order chi connectivity index (χ1) is 19.8. The second-order valence-corrected chi connectivity index (χ2v) is 9.35. The van der Waals surface area contributed by atoms with Crippen LogP contribution in [0.4, 0.5) is 0 Å². The topological polar surface area (TPSA) is 132 Å². The SMILES string of the molecule is CCOC(=O)Cn1cc(C=NNC(=O)COc2ccccc2[C@@H]2NC(=S)NC(C)=C2C(=O)OCC)c2ccccc21. The molecule has 3 aromatic rings. The van der Waals surface area contributed by atoms with Gasteiger partial charge in [0, 0.05) is 33.9 Å². The summed E-state index contributed by atoms with van der Waals surface area (Å²) in [4.78, 5) is 37.3. The number of carbonyl (C=O) groups is 3. The van der Waals surface area contributed by atoms with E-state index >= 15 is 0 Å². The molecule has 0 saturated heterocycles. The van der Waals surface area contributed by atoms with Gasteiger partial charge in [0.2, 0.25) is 0 Å². The van der Waals surface area contributed by atoms with Crippen molar-refractivity contribution in [3.05, 3.63) is 77.1 Å². The largest absolute Gasteiger partial charge is 0.483 e. The van der Waals surface area contributed by atoms with Crippen molar-refractivity contribution >= 4 is 52.3 Å². The van der Waals surface area contributed by atoms with E-state index in [4.69, 9.17) is 26.4 Å². The first-order valence-electron chi connectivity index (χ1n) is 13.0. The number of amides is 1. The van der Waals surface area contributed by atoms with Crippen LogP contribution in [-0.2, 0) is 30.4 Å². The molecule has 12 heteroatoms. The number of thiocarbonyl (C=S) groups is 1. The fraction of sp³-hybridized carbons (Fsp3) is 0.276. The Morgan fingerprint density at radius 1 is 1.07 bits per heavy atom. The van der Waals surface area contributed by atoms with Crippen LogP contribution in [0, 0.1) is 0 Å². The number of rotatable bonds is 11. The molecule has 1 aromatic heterocycles. The van der Waals surface area contributed by atoms with E-state index in [1.165, 1.54) is 6.21 Å². The maximum Gasteiger partial charge on any atom is 0.338 e. The summed E-state index contributed by atoms with van der Waals surface area (Å²) in [5.74, 6) is -0.921. The van der Waals surface area contributed by atoms with E-state index in [-0.39, 0.29) is 25.7 Å². The molecule has 4 rings (SSSR count). The number of hydrogen-bond acceptors (Lipinski definition) is 8. The zero-order chi connectivity index (χ0) is 29.4. The van der Waals surface area contributed by atoms with Crippen LogP contribution in [0.2, 0.25) is 0 Å². The van der Waals surface area contributed by atoms with Crippen molar-refractivity contribution < 1.29 is 28.6 Å². The van der Waals surface area contributed by atoms with Gasteiger partial charge in [-0.05, 0) is 45.1 Å². The van der Waals surface area contributed by atoms with Crippen molar-refractivity contribution in [2.75, 3.05) is 19.8 Å². The number of ether oxygens (including phenoxy) is 3. The van der Waals surface area contributed by atoms with Crippen LogP contribution in [0.3, 0.4) is 0 Å². The average Bonchev–Trinajstić information content (AvgIpc) is 3.28. The Morgan fingerprint density at radius 3 is 2.59 bits per heavy atom. The van der Waals surface area contributed by atoms with Gasteiger partial charge in [-0.1, -0.05) is 36.4 Å². The Balaban J connectivity index is 1.45. The number of esters is 2. The third-order valence-electron chi connectivity index (χ3n) is 6.17. The summed E-state index contributed by atoms with van der Waals surface area (Å²) in [6.07, 6.45) is 3.28. The molecule has 0 spiro atoms. The third kappa shape index (κ3) is 7.09. The van der Waals surface area contributed by atoms with Gasteiger partial charge in [-0.2, -0.15) is 5.10 Å². The van der Waals surface area contributed by atoms with E-state index in [1.54, 1.807) is 55.8 Å². The lowest BCUT2D eigenvalue weighted by Gasteiger charge is -2.30. The van der Waals surface area contributed by atoms with Crippen LogP contribution in [0.25, 0.3) is 10.9 Å². The van der Waals surface area contributed by atoms with Crippen molar-refractivity contribution in [2.24, 2.45) is 5.10 Å². The van der Waals surface area contributed by atoms with E-state index < -0.39 is 17.9 Å². The first kappa shape index (κ1) is 29.3. The number of fused-ring (bicyclic) bond motifs is 1. The Bertz CT molecular complexity index is 1530. The van der Waals surface area contributed by atoms with Gasteiger partial charge in [0.05, 0.1) is 31.0 Å². The molecular formula is C29H31N5O6S. The minimum absolute atomic E-state index is 0.0605. The molecule has 0 unspecified atom stereocenters. The summed E-state index contributed by atoms with van der Waals surface area (Å²) in [5, 5.41) is 11.4. The standard InChI is InChI=1S/C29H31N5O6S/c1-4-38-25(36)16-34-15-19(20-10-6-8-12-22(20)34)14-30-33-24(35)17-40-23-13-9-7-11-21(23)27-26(28(37)39-5-2)18(3)31-29(41)32-27/h6-15,27H,4-5,16-17H2,1-3H3,(H,33,35)(H2,31,32,41)/t27-/m0/s1. The van der Waals surface area contributed by atoms with Crippen LogP contribution in [0.15, 0.2) is 71.1 Å². The van der Waals surface area contributed by atoms with Crippen LogP contribution in [-0.4, -0.2) is 53.6 Å². The lowest BCUT2D eigenvalue weighted by Crippen LogP contribution is -2.45. The Hall–Kier alpha value is -4.71. The van der Waals surface area contributed by atoms with Gasteiger partial charge >= 0.3 is 11.9 Å². The summed E-state index contributed by atoms with van der Waals surface area (Å²) in [6, 6.07) is 14.0. The number of benzene rings is 2. The highest BCUT2D eigenvalue weighted by atomic mass is 32.1. The number of aromatic nitrogens is 1. The smallest absolute Gasteiger partial charge is 0.338 e. The van der Waals surface area contributed by atoms with Crippen molar-refractivity contribution in [2.45, 2.75) is 33.4 Å². The molecule has 1 amide bonds. The van der Waals surface area contributed by atoms with Crippen molar-refractivity contribution in [1.29, 1.82) is 0 Å². The Labute approximate surface area is 242 Å². The zero-order valence-electron chi connectivity index (χ0n) is 22.9. The number of carbonyl (C=O) groups excluding carboxylic acids is 3. The quantitative estimate of drug-likeness (QED) is 0.136. The second-order valence-electron chi connectivity index (χ2n) is 8.94. The van der Waals surface area contributed by atoms with Gasteiger partial charge in [-0.3, -0.25) is 9.59 Å². The summed E-state index contributed by atoms with van der Waals surface area (Å²) < 4.78 is 17.9. The molecular weight excluding hydrogens is 546 g/mol. The van der Waals surface area contributed by atoms with E-state index in [0.29, 0.717) is 34.3 Å². The second kappa shape index (κ2) is 13.6. The molecule has 3 N–H and O–H groups in total. The monoisotopic (exact) mass is 577 g/mol. The molecule has 0 radical (unpaired) electrons. The normalized spacial score (nSPS) is 14.9. The third-order valence-corrected chi connectivity index (χ3v) is 6.39. The molecule has 1 atom stereocenters. The molecule has 0 bridgehead atoms. The average molecular weight is 578 g/mol. The number of nitrogens with zero attached hydrogens (tertiary/aromatic N) is 2. The maximum absolute atomic E-state index is 12.7. The van der Waals surface area contributed by atoms with Crippen LogP contribution in [0.1, 0.15) is 37.9 Å². The highest BCUT2D eigenvalue weighted by molar-refractivity contribution is 7.80. The van der Waals surface area contributed by atoms with Crippen LogP contribution in [0.5, 0.6) is 5.75 Å². The summed E-state index contributed by atoms with van der Waals surface area (Å²) >= 11 is 5.31. The Kier molecular flexibility index (Phi) is 9.69. The van der Waals surface area contributed by atoms with E-state index in [0.717, 1.165) is 16.5 Å². The van der Waals surface area contributed by atoms with Crippen molar-refractivity contribution in [3.8, 4) is 5.75 Å². The van der Waals surface area contributed by atoms with Gasteiger partial charge in [0.15, 0.2) is 11.7 Å². The molecule has 1 aliphatic rings. The predicted octanol–water partition coefficient (Wildman–Crippen LogP) is 3.09. The predicted molar refractivity (Wildman–Crippen MR) is 157 cm³/mol. The highest BCUT2D eigenvalue weighted by Crippen LogP contribution is 2.33. The minimum Gasteiger partial charge on any atom is -0.483 e. The van der Waals surface area contributed by atoms with Gasteiger partial charge in [0.1, 0.15) is 12.3 Å². The van der Waals surface area contributed by atoms with E-state index in [2.05, 4.69) is 21.2 Å². The zero-order valence-corrected chi connectivity index (χ0v) is 23.7. The number of allylic oxidation sites excluding steroid dienone is 1. The molecule has 1 aliphatic heterocycles. The Morgan fingerprint density at radius 2 is 1.80 bits per heavy atom. The molecule has 0 saturated carbocycles. The summed E-state index contributed by atoms with van der Waals surface area (Å²) in [7, 11) is 0. The summed E-state index contributed by atoms with van der Waals surface area (Å²) in [6.45, 7) is 5.49. The highest BCUT2D eigenvalue weighted by Gasteiger charge is 2.32. The molecule has 41 heavy (non-hydrogen) atoms. The van der Waals surface area contributed by atoms with Crippen molar-refractivity contribution in [3.63, 3.8) is 0 Å². The maximum atomic E-state index is 12.7. The van der Waals surface area contributed by atoms with Gasteiger partial charge in [-0.15, -0.1) is 0 Å². The molecule has 11 nitrogen and oxygen atoms in total. The number of hydrogen-bond donors (Lipinski definition) is 3. The molecule has 0 aliphatic carbocycles. The van der Waals surface area contributed by atoms with Gasteiger partial charge in [-0.25, -0.2) is 10.2 Å². The first-order valence-corrected chi connectivity index (χ1v) is 13.5. The van der Waals surface area contributed by atoms with E-state index in [9.17, 15) is 14.4 Å². The van der Waals surface area contributed by atoms with Gasteiger partial charge < -0.3 is 29.4 Å². The lowest BCUT2D eigenvalue weighted by molar-refractivity contribution is -0.143. The fourth-order valence-corrected chi connectivity index (χ4v) is 4.73. The minimum atomic E-state index is -0.632. The number of hydrazone groups is 1. The molecule has 2 heterocycles. The molecule has 214 valence electrons. The van der Waals surface area contributed by atoms with E-state index in [1.807, 2.05) is 24.3 Å². The fourth-order valence-electron chi connectivity index (χ4n) is 4.46. The molecule has 0 fully saturated rings. The molecule has 2 aromatic carbocycles. The van der Waals surface area contributed by atoms with Crippen molar-refractivity contribution in [1.82, 2.24) is 20.6 Å².